The summed E-state index contributed by atoms with van der Waals surface area (Å²) in [5, 5.41) is 4.54. The molecule has 0 saturated heterocycles. The van der Waals surface area contributed by atoms with Gasteiger partial charge in [0.25, 0.3) is 5.91 Å². The first kappa shape index (κ1) is 17.5. The molecule has 2 aromatic rings. The highest BCUT2D eigenvalue weighted by molar-refractivity contribution is 14.1. The summed E-state index contributed by atoms with van der Waals surface area (Å²) in [5.41, 5.74) is 3.83. The van der Waals surface area contributed by atoms with Crippen LogP contribution in [0.5, 0.6) is 5.75 Å². The predicted octanol–water partition coefficient (Wildman–Crippen LogP) is 4.27. The van der Waals surface area contributed by atoms with E-state index in [1.807, 2.05) is 18.2 Å². The molecular formula is C17H14ClIN2O2. The van der Waals surface area contributed by atoms with Crippen LogP contribution in [0.4, 0.5) is 0 Å². The highest BCUT2D eigenvalue weighted by Gasteiger charge is 2.04. The van der Waals surface area contributed by atoms with Crippen LogP contribution in [0.2, 0.25) is 5.02 Å². The van der Waals surface area contributed by atoms with E-state index in [1.165, 1.54) is 0 Å². The Labute approximate surface area is 153 Å². The van der Waals surface area contributed by atoms with Gasteiger partial charge in [-0.2, -0.15) is 5.10 Å². The highest BCUT2D eigenvalue weighted by atomic mass is 127. The number of carbonyl (C=O) groups excluding carboxylic acids is 1. The molecule has 1 amide bonds. The summed E-state index contributed by atoms with van der Waals surface area (Å²) < 4.78 is 6.46. The number of hydrogen-bond acceptors (Lipinski definition) is 3. The molecule has 118 valence electrons. The van der Waals surface area contributed by atoms with E-state index in [0.717, 1.165) is 14.9 Å². The molecule has 0 atom stereocenters. The fourth-order valence-electron chi connectivity index (χ4n) is 1.69. The highest BCUT2D eigenvalue weighted by Crippen LogP contribution is 2.21. The van der Waals surface area contributed by atoms with Gasteiger partial charge in [0.2, 0.25) is 0 Å². The number of benzene rings is 2. The Morgan fingerprint density at radius 3 is 2.70 bits per heavy atom. The molecule has 2 rings (SSSR count). The summed E-state index contributed by atoms with van der Waals surface area (Å²) in [7, 11) is 0. The van der Waals surface area contributed by atoms with Crippen LogP contribution in [0.1, 0.15) is 15.9 Å². The third kappa shape index (κ3) is 5.37. The number of ether oxygens (including phenoxy) is 1. The summed E-state index contributed by atoms with van der Waals surface area (Å²) in [6.45, 7) is 4.07. The Bertz CT molecular complexity index is 730. The average molecular weight is 441 g/mol. The van der Waals surface area contributed by atoms with Crippen LogP contribution < -0.4 is 10.2 Å². The summed E-state index contributed by atoms with van der Waals surface area (Å²) in [6.07, 6.45) is 3.27. The molecule has 2 aromatic carbocycles. The number of amides is 1. The number of halogens is 2. The largest absolute Gasteiger partial charge is 0.488 e. The van der Waals surface area contributed by atoms with Crippen LogP contribution in [-0.4, -0.2) is 18.7 Å². The number of nitrogens with zero attached hydrogens (tertiary/aromatic N) is 1. The molecule has 0 spiro atoms. The topological polar surface area (TPSA) is 50.7 Å². The SMILES string of the molecule is C=CCOc1ccc(/C=N\NC(=O)c2ccc(Cl)cc2)cc1I. The van der Waals surface area contributed by atoms with Crippen LogP contribution in [-0.2, 0) is 0 Å². The van der Waals surface area contributed by atoms with E-state index in [-0.39, 0.29) is 5.91 Å². The van der Waals surface area contributed by atoms with Gasteiger partial charge in [-0.15, -0.1) is 0 Å². The quantitative estimate of drug-likeness (QED) is 0.316. The second-order valence-electron chi connectivity index (χ2n) is 4.50. The lowest BCUT2D eigenvalue weighted by atomic mass is 10.2. The molecule has 0 bridgehead atoms. The molecule has 0 aliphatic rings. The first-order chi connectivity index (χ1) is 11.1. The Morgan fingerprint density at radius 2 is 2.04 bits per heavy atom. The van der Waals surface area contributed by atoms with Crippen molar-refractivity contribution in [2.24, 2.45) is 5.10 Å². The molecule has 0 unspecified atom stereocenters. The fraction of sp³-hybridized carbons (Fsp3) is 0.0588. The number of nitrogens with one attached hydrogen (secondary N) is 1. The van der Waals surface area contributed by atoms with Crippen molar-refractivity contribution in [2.45, 2.75) is 0 Å². The van der Waals surface area contributed by atoms with Gasteiger partial charge in [-0.1, -0.05) is 24.3 Å². The minimum absolute atomic E-state index is 0.293. The summed E-state index contributed by atoms with van der Waals surface area (Å²) >= 11 is 7.96. The Balaban J connectivity index is 1.97. The van der Waals surface area contributed by atoms with Gasteiger partial charge < -0.3 is 4.74 Å². The van der Waals surface area contributed by atoms with Gasteiger partial charge in [0.1, 0.15) is 12.4 Å². The summed E-state index contributed by atoms with van der Waals surface area (Å²) in [6, 6.07) is 12.2. The lowest BCUT2D eigenvalue weighted by Gasteiger charge is -2.06. The Kier molecular flexibility index (Phi) is 6.61. The van der Waals surface area contributed by atoms with Crippen LogP contribution in [0.25, 0.3) is 0 Å². The third-order valence-corrected chi connectivity index (χ3v) is 3.89. The minimum atomic E-state index is -0.293. The Hall–Kier alpha value is -1.86. The van der Waals surface area contributed by atoms with Crippen LogP contribution in [0, 0.1) is 3.57 Å². The van der Waals surface area contributed by atoms with Crippen molar-refractivity contribution < 1.29 is 9.53 Å². The van der Waals surface area contributed by atoms with E-state index in [9.17, 15) is 4.79 Å². The number of hydrazone groups is 1. The van der Waals surface area contributed by atoms with Crippen molar-refractivity contribution in [3.63, 3.8) is 0 Å². The van der Waals surface area contributed by atoms with E-state index >= 15 is 0 Å². The van der Waals surface area contributed by atoms with E-state index in [4.69, 9.17) is 16.3 Å². The summed E-state index contributed by atoms with van der Waals surface area (Å²) in [5.74, 6) is 0.492. The maximum absolute atomic E-state index is 11.9. The molecule has 0 saturated carbocycles. The van der Waals surface area contributed by atoms with Crippen LogP contribution >= 0.6 is 34.2 Å². The molecular weight excluding hydrogens is 427 g/mol. The number of carbonyl (C=O) groups is 1. The van der Waals surface area contributed by atoms with E-state index in [0.29, 0.717) is 17.2 Å². The van der Waals surface area contributed by atoms with Gasteiger partial charge in [-0.25, -0.2) is 5.43 Å². The molecule has 0 aromatic heterocycles. The molecule has 0 radical (unpaired) electrons. The lowest BCUT2D eigenvalue weighted by Crippen LogP contribution is -2.17. The van der Waals surface area contributed by atoms with Crippen molar-refractivity contribution in [1.29, 1.82) is 0 Å². The van der Waals surface area contributed by atoms with Gasteiger partial charge in [-0.05, 0) is 70.6 Å². The minimum Gasteiger partial charge on any atom is -0.488 e. The lowest BCUT2D eigenvalue weighted by molar-refractivity contribution is 0.0955. The molecule has 0 fully saturated rings. The first-order valence-electron chi connectivity index (χ1n) is 6.72. The van der Waals surface area contributed by atoms with Gasteiger partial charge in [0.05, 0.1) is 9.78 Å². The molecule has 23 heavy (non-hydrogen) atoms. The second kappa shape index (κ2) is 8.69. The number of hydrogen-bond donors (Lipinski definition) is 1. The van der Waals surface area contributed by atoms with Crippen molar-refractivity contribution in [3.05, 3.63) is 74.8 Å². The zero-order valence-corrected chi connectivity index (χ0v) is 15.0. The average Bonchev–Trinajstić information content (AvgIpc) is 2.54. The van der Waals surface area contributed by atoms with E-state index in [1.54, 1.807) is 36.6 Å². The zero-order valence-electron chi connectivity index (χ0n) is 12.1. The molecule has 0 aliphatic heterocycles. The van der Waals surface area contributed by atoms with Crippen LogP contribution in [0.3, 0.4) is 0 Å². The van der Waals surface area contributed by atoms with E-state index in [2.05, 4.69) is 39.7 Å². The fourth-order valence-corrected chi connectivity index (χ4v) is 2.52. The van der Waals surface area contributed by atoms with Crippen LogP contribution in [0.15, 0.2) is 60.2 Å². The van der Waals surface area contributed by atoms with Crippen molar-refractivity contribution in [3.8, 4) is 5.75 Å². The van der Waals surface area contributed by atoms with Gasteiger partial charge in [-0.3, -0.25) is 4.79 Å². The normalized spacial score (nSPS) is 10.5. The van der Waals surface area contributed by atoms with Gasteiger partial charge in [0.15, 0.2) is 0 Å². The monoisotopic (exact) mass is 440 g/mol. The summed E-state index contributed by atoms with van der Waals surface area (Å²) in [4.78, 5) is 11.9. The second-order valence-corrected chi connectivity index (χ2v) is 6.09. The zero-order chi connectivity index (χ0) is 16.7. The standard InChI is InChI=1S/C17H14ClIN2O2/c1-2-9-23-16-8-3-12(10-15(16)19)11-20-21-17(22)13-4-6-14(18)7-5-13/h2-8,10-11H,1,9H2,(H,21,22)/b20-11-. The molecule has 0 aliphatic carbocycles. The first-order valence-corrected chi connectivity index (χ1v) is 8.18. The van der Waals surface area contributed by atoms with Crippen molar-refractivity contribution in [1.82, 2.24) is 5.43 Å². The van der Waals surface area contributed by atoms with Gasteiger partial charge >= 0.3 is 0 Å². The molecule has 4 nitrogen and oxygen atoms in total. The predicted molar refractivity (Wildman–Crippen MR) is 101 cm³/mol. The smallest absolute Gasteiger partial charge is 0.271 e. The maximum atomic E-state index is 11.9. The van der Waals surface area contributed by atoms with Crippen molar-refractivity contribution in [2.75, 3.05) is 6.61 Å². The van der Waals surface area contributed by atoms with Gasteiger partial charge in [0, 0.05) is 10.6 Å². The number of rotatable bonds is 6. The molecule has 1 N–H and O–H groups in total. The van der Waals surface area contributed by atoms with E-state index < -0.39 is 0 Å². The molecule has 6 heteroatoms. The third-order valence-electron chi connectivity index (χ3n) is 2.80. The maximum Gasteiger partial charge on any atom is 0.271 e. The Morgan fingerprint density at radius 1 is 1.30 bits per heavy atom. The van der Waals surface area contributed by atoms with Crippen molar-refractivity contribution >= 4 is 46.3 Å². The molecule has 0 heterocycles.